The molecule has 0 aliphatic rings. The van der Waals surface area contributed by atoms with E-state index in [-0.39, 0.29) is 18.8 Å². The van der Waals surface area contributed by atoms with Crippen molar-refractivity contribution in [3.05, 3.63) is 34.6 Å². The summed E-state index contributed by atoms with van der Waals surface area (Å²) in [5.41, 5.74) is 1.07. The molecule has 2 unspecified atom stereocenters. The van der Waals surface area contributed by atoms with Crippen molar-refractivity contribution in [2.75, 3.05) is 6.54 Å². The minimum Gasteiger partial charge on any atom is -0.444 e. The number of aliphatic hydroxyl groups is 2. The molecule has 0 aromatic heterocycles. The summed E-state index contributed by atoms with van der Waals surface area (Å²) in [6, 6.07) is 2.63. The van der Waals surface area contributed by atoms with Gasteiger partial charge in [0.05, 0.1) is 6.10 Å². The van der Waals surface area contributed by atoms with Gasteiger partial charge in [-0.25, -0.2) is 9.18 Å². The highest BCUT2D eigenvalue weighted by molar-refractivity contribution is 5.67. The molecule has 0 spiro atoms. The monoisotopic (exact) mass is 327 g/mol. The Hall–Kier alpha value is -1.66. The molecular weight excluding hydrogens is 301 g/mol. The van der Waals surface area contributed by atoms with Gasteiger partial charge >= 0.3 is 6.09 Å². The van der Waals surface area contributed by atoms with Crippen molar-refractivity contribution in [3.8, 4) is 0 Å². The molecule has 2 atom stereocenters. The molecule has 1 aromatic carbocycles. The highest BCUT2D eigenvalue weighted by atomic mass is 19.1. The van der Waals surface area contributed by atoms with E-state index in [1.165, 1.54) is 12.1 Å². The van der Waals surface area contributed by atoms with Crippen LogP contribution in [-0.2, 0) is 4.74 Å². The molecule has 5 nitrogen and oxygen atoms in total. The predicted octanol–water partition coefficient (Wildman–Crippen LogP) is 2.75. The van der Waals surface area contributed by atoms with Crippen molar-refractivity contribution in [2.45, 2.75) is 58.8 Å². The van der Waals surface area contributed by atoms with E-state index < -0.39 is 23.9 Å². The van der Waals surface area contributed by atoms with E-state index in [0.717, 1.165) is 0 Å². The summed E-state index contributed by atoms with van der Waals surface area (Å²) >= 11 is 0. The number of rotatable bonds is 5. The zero-order chi connectivity index (χ0) is 17.8. The van der Waals surface area contributed by atoms with Crippen LogP contribution in [0.1, 0.15) is 50.0 Å². The van der Waals surface area contributed by atoms with Gasteiger partial charge in [-0.2, -0.15) is 0 Å². The zero-order valence-corrected chi connectivity index (χ0v) is 14.3. The first-order valence-electron chi connectivity index (χ1n) is 7.61. The molecule has 1 aromatic rings. The molecule has 130 valence electrons. The van der Waals surface area contributed by atoms with Gasteiger partial charge in [-0.05, 0) is 69.9 Å². The predicted molar refractivity (Wildman–Crippen MR) is 85.7 cm³/mol. The third-order valence-corrected chi connectivity index (χ3v) is 3.33. The summed E-state index contributed by atoms with van der Waals surface area (Å²) in [7, 11) is 0. The number of halogens is 1. The molecule has 0 saturated carbocycles. The summed E-state index contributed by atoms with van der Waals surface area (Å²) in [5.74, 6) is -0.378. The van der Waals surface area contributed by atoms with Gasteiger partial charge in [0.1, 0.15) is 17.5 Å². The first-order valence-corrected chi connectivity index (χ1v) is 7.61. The molecule has 23 heavy (non-hydrogen) atoms. The van der Waals surface area contributed by atoms with Crippen LogP contribution in [-0.4, -0.2) is 34.6 Å². The van der Waals surface area contributed by atoms with Crippen LogP contribution in [0.5, 0.6) is 0 Å². The SMILES string of the molecule is Cc1cc(F)cc(C)c1C(O)C(O)CCNC(=O)OC(C)(C)C. The fourth-order valence-corrected chi connectivity index (χ4v) is 2.37. The summed E-state index contributed by atoms with van der Waals surface area (Å²) in [5, 5.41) is 22.9. The number of amides is 1. The molecule has 3 N–H and O–H groups in total. The van der Waals surface area contributed by atoms with E-state index in [1.54, 1.807) is 34.6 Å². The highest BCUT2D eigenvalue weighted by Gasteiger charge is 2.23. The van der Waals surface area contributed by atoms with Crippen LogP contribution in [0.3, 0.4) is 0 Å². The average molecular weight is 327 g/mol. The molecule has 0 aliphatic carbocycles. The Morgan fingerprint density at radius 3 is 2.26 bits per heavy atom. The van der Waals surface area contributed by atoms with Crippen LogP contribution in [0.4, 0.5) is 9.18 Å². The van der Waals surface area contributed by atoms with E-state index in [9.17, 15) is 19.4 Å². The first-order chi connectivity index (χ1) is 10.5. The number of ether oxygens (including phenoxy) is 1. The van der Waals surface area contributed by atoms with E-state index in [4.69, 9.17) is 4.74 Å². The Labute approximate surface area is 136 Å². The van der Waals surface area contributed by atoms with Gasteiger partial charge in [0.25, 0.3) is 0 Å². The lowest BCUT2D eigenvalue weighted by Gasteiger charge is -2.23. The lowest BCUT2D eigenvalue weighted by molar-refractivity contribution is 0.0115. The van der Waals surface area contributed by atoms with Crippen LogP contribution >= 0.6 is 0 Å². The lowest BCUT2D eigenvalue weighted by Crippen LogP contribution is -2.34. The number of carbonyl (C=O) groups excluding carboxylic acids is 1. The quantitative estimate of drug-likeness (QED) is 0.777. The van der Waals surface area contributed by atoms with Crippen molar-refractivity contribution in [1.82, 2.24) is 5.32 Å². The molecule has 0 fully saturated rings. The normalized spacial score (nSPS) is 14.3. The number of benzene rings is 1. The van der Waals surface area contributed by atoms with Crippen LogP contribution in [0.2, 0.25) is 0 Å². The Kier molecular flexibility index (Phi) is 6.53. The fraction of sp³-hybridized carbons (Fsp3) is 0.588. The van der Waals surface area contributed by atoms with Crippen LogP contribution in [0.15, 0.2) is 12.1 Å². The second-order valence-corrected chi connectivity index (χ2v) is 6.68. The molecule has 0 aliphatic heterocycles. The molecule has 0 saturated heterocycles. The minimum absolute atomic E-state index is 0.149. The second-order valence-electron chi connectivity index (χ2n) is 6.68. The highest BCUT2D eigenvalue weighted by Crippen LogP contribution is 2.26. The average Bonchev–Trinajstić information content (AvgIpc) is 2.34. The van der Waals surface area contributed by atoms with Crippen LogP contribution in [0, 0.1) is 19.7 Å². The van der Waals surface area contributed by atoms with E-state index in [1.807, 2.05) is 0 Å². The van der Waals surface area contributed by atoms with E-state index >= 15 is 0 Å². The Morgan fingerprint density at radius 2 is 1.78 bits per heavy atom. The first kappa shape index (κ1) is 19.4. The van der Waals surface area contributed by atoms with Crippen LogP contribution < -0.4 is 5.32 Å². The van der Waals surface area contributed by atoms with E-state index in [0.29, 0.717) is 16.7 Å². The molecule has 0 heterocycles. The molecular formula is C17H26FNO4. The van der Waals surface area contributed by atoms with Gasteiger partial charge in [0.2, 0.25) is 0 Å². The Morgan fingerprint density at radius 1 is 1.26 bits per heavy atom. The van der Waals surface area contributed by atoms with Gasteiger partial charge in [0.15, 0.2) is 0 Å². The molecule has 1 amide bonds. The number of alkyl carbamates (subject to hydrolysis) is 1. The third kappa shape index (κ3) is 6.15. The summed E-state index contributed by atoms with van der Waals surface area (Å²) < 4.78 is 18.4. The van der Waals surface area contributed by atoms with Crippen molar-refractivity contribution < 1.29 is 24.1 Å². The topological polar surface area (TPSA) is 78.8 Å². The smallest absolute Gasteiger partial charge is 0.407 e. The number of nitrogens with one attached hydrogen (secondary N) is 1. The number of aliphatic hydroxyl groups excluding tert-OH is 2. The number of hydrogen-bond acceptors (Lipinski definition) is 4. The van der Waals surface area contributed by atoms with Crippen molar-refractivity contribution in [3.63, 3.8) is 0 Å². The van der Waals surface area contributed by atoms with Gasteiger partial charge in [-0.1, -0.05) is 0 Å². The van der Waals surface area contributed by atoms with Gasteiger partial charge in [0, 0.05) is 6.54 Å². The third-order valence-electron chi connectivity index (χ3n) is 3.33. The molecule has 6 heteroatoms. The zero-order valence-electron chi connectivity index (χ0n) is 14.3. The van der Waals surface area contributed by atoms with Gasteiger partial charge < -0.3 is 20.3 Å². The molecule has 0 radical (unpaired) electrons. The summed E-state index contributed by atoms with van der Waals surface area (Å²) in [4.78, 5) is 11.5. The van der Waals surface area contributed by atoms with Crippen LogP contribution in [0.25, 0.3) is 0 Å². The second kappa shape index (κ2) is 7.75. The molecule has 1 rings (SSSR count). The van der Waals surface area contributed by atoms with Crippen molar-refractivity contribution in [1.29, 1.82) is 0 Å². The standard InChI is InChI=1S/C17H26FNO4/c1-10-8-12(18)9-11(2)14(10)15(21)13(20)6-7-19-16(22)23-17(3,4)5/h8-9,13,15,20-21H,6-7H2,1-5H3,(H,19,22). The number of aryl methyl sites for hydroxylation is 2. The minimum atomic E-state index is -1.14. The van der Waals surface area contributed by atoms with E-state index in [2.05, 4.69) is 5.32 Å². The summed E-state index contributed by atoms with van der Waals surface area (Å²) in [6.07, 6.45) is -2.64. The maximum absolute atomic E-state index is 13.3. The number of hydrogen-bond donors (Lipinski definition) is 3. The maximum Gasteiger partial charge on any atom is 0.407 e. The Bertz CT molecular complexity index is 531. The molecule has 0 bridgehead atoms. The summed E-state index contributed by atoms with van der Waals surface area (Å²) in [6.45, 7) is 8.79. The maximum atomic E-state index is 13.3. The van der Waals surface area contributed by atoms with Crippen molar-refractivity contribution in [2.24, 2.45) is 0 Å². The Balaban J connectivity index is 2.59. The lowest BCUT2D eigenvalue weighted by atomic mass is 9.93. The van der Waals surface area contributed by atoms with Crippen molar-refractivity contribution >= 4 is 6.09 Å². The van der Waals surface area contributed by atoms with Gasteiger partial charge in [-0.15, -0.1) is 0 Å². The number of carbonyl (C=O) groups is 1. The van der Waals surface area contributed by atoms with Gasteiger partial charge in [-0.3, -0.25) is 0 Å². The largest absolute Gasteiger partial charge is 0.444 e. The fourth-order valence-electron chi connectivity index (χ4n) is 2.37.